The van der Waals surface area contributed by atoms with Crippen LogP contribution >= 0.6 is 0 Å². The van der Waals surface area contributed by atoms with Crippen LogP contribution < -0.4 is 0 Å². The van der Waals surface area contributed by atoms with Crippen LogP contribution in [0, 0.1) is 12.8 Å². The van der Waals surface area contributed by atoms with E-state index in [1.54, 1.807) is 19.2 Å². The average molecular weight is 206 g/mol. The van der Waals surface area contributed by atoms with Gasteiger partial charge in [-0.15, -0.1) is 0 Å². The molecular formula is C12H18N2O. The van der Waals surface area contributed by atoms with E-state index in [9.17, 15) is 4.79 Å². The van der Waals surface area contributed by atoms with Crippen LogP contribution in [0.15, 0.2) is 12.3 Å². The molecule has 0 bridgehead atoms. The van der Waals surface area contributed by atoms with Crippen LogP contribution in [-0.2, 0) is 0 Å². The van der Waals surface area contributed by atoms with E-state index in [1.165, 1.54) is 0 Å². The van der Waals surface area contributed by atoms with Crippen LogP contribution in [-0.4, -0.2) is 15.8 Å². The molecule has 0 aliphatic rings. The van der Waals surface area contributed by atoms with Crippen LogP contribution in [0.4, 0.5) is 0 Å². The van der Waals surface area contributed by atoms with Crippen molar-refractivity contribution in [3.63, 3.8) is 0 Å². The van der Waals surface area contributed by atoms with E-state index >= 15 is 0 Å². The van der Waals surface area contributed by atoms with Crippen molar-refractivity contribution in [1.82, 2.24) is 9.97 Å². The standard InChI is InChI=1S/C12H18N2O/c1-4-10(5-2)8-12(15)11-6-7-13-9(3)14-11/h6-7,10H,4-5,8H2,1-3H3. The summed E-state index contributed by atoms with van der Waals surface area (Å²) in [5, 5.41) is 0. The zero-order chi connectivity index (χ0) is 11.3. The number of hydrogen-bond donors (Lipinski definition) is 0. The molecule has 1 heterocycles. The number of rotatable bonds is 5. The van der Waals surface area contributed by atoms with Gasteiger partial charge in [0.1, 0.15) is 11.5 Å². The van der Waals surface area contributed by atoms with E-state index in [-0.39, 0.29) is 5.78 Å². The van der Waals surface area contributed by atoms with E-state index in [1.807, 2.05) is 0 Å². The first-order chi connectivity index (χ1) is 7.17. The molecule has 0 aromatic carbocycles. The molecule has 0 N–H and O–H groups in total. The van der Waals surface area contributed by atoms with Gasteiger partial charge in [0.25, 0.3) is 0 Å². The summed E-state index contributed by atoms with van der Waals surface area (Å²) in [6, 6.07) is 1.69. The molecule has 0 aliphatic carbocycles. The number of carbonyl (C=O) groups excluding carboxylic acids is 1. The second-order valence-electron chi connectivity index (χ2n) is 3.80. The Labute approximate surface area is 91.0 Å². The molecule has 0 amide bonds. The fourth-order valence-corrected chi connectivity index (χ4v) is 1.56. The Morgan fingerprint density at radius 2 is 2.07 bits per heavy atom. The second-order valence-corrected chi connectivity index (χ2v) is 3.80. The molecule has 0 atom stereocenters. The highest BCUT2D eigenvalue weighted by Gasteiger charge is 2.13. The quantitative estimate of drug-likeness (QED) is 0.696. The molecule has 0 fully saturated rings. The van der Waals surface area contributed by atoms with Crippen molar-refractivity contribution in [2.24, 2.45) is 5.92 Å². The molecule has 0 radical (unpaired) electrons. The summed E-state index contributed by atoms with van der Waals surface area (Å²) >= 11 is 0. The Morgan fingerprint density at radius 1 is 1.40 bits per heavy atom. The summed E-state index contributed by atoms with van der Waals surface area (Å²) in [4.78, 5) is 19.9. The highest BCUT2D eigenvalue weighted by Crippen LogP contribution is 2.15. The van der Waals surface area contributed by atoms with Gasteiger partial charge >= 0.3 is 0 Å². The second kappa shape index (κ2) is 5.59. The van der Waals surface area contributed by atoms with Gasteiger partial charge in [-0.2, -0.15) is 0 Å². The summed E-state index contributed by atoms with van der Waals surface area (Å²) < 4.78 is 0. The predicted molar refractivity (Wildman–Crippen MR) is 59.8 cm³/mol. The molecule has 1 aromatic rings. The smallest absolute Gasteiger partial charge is 0.181 e. The number of carbonyl (C=O) groups is 1. The number of aryl methyl sites for hydroxylation is 1. The molecule has 0 saturated carbocycles. The molecule has 0 aliphatic heterocycles. The van der Waals surface area contributed by atoms with Crippen LogP contribution in [0.3, 0.4) is 0 Å². The zero-order valence-corrected chi connectivity index (χ0v) is 9.66. The number of aromatic nitrogens is 2. The summed E-state index contributed by atoms with van der Waals surface area (Å²) in [6.45, 7) is 6.03. The van der Waals surface area contributed by atoms with Crippen molar-refractivity contribution < 1.29 is 4.79 Å². The van der Waals surface area contributed by atoms with E-state index in [4.69, 9.17) is 0 Å². The highest BCUT2D eigenvalue weighted by molar-refractivity contribution is 5.94. The third-order valence-corrected chi connectivity index (χ3v) is 2.69. The summed E-state index contributed by atoms with van der Waals surface area (Å²) in [5.41, 5.74) is 0.550. The van der Waals surface area contributed by atoms with Gasteiger partial charge in [-0.3, -0.25) is 4.79 Å². The summed E-state index contributed by atoms with van der Waals surface area (Å²) in [6.07, 6.45) is 4.34. The van der Waals surface area contributed by atoms with Crippen molar-refractivity contribution in [3.05, 3.63) is 23.8 Å². The largest absolute Gasteiger partial charge is 0.292 e. The molecule has 3 heteroatoms. The lowest BCUT2D eigenvalue weighted by Crippen LogP contribution is -2.10. The van der Waals surface area contributed by atoms with E-state index in [0.29, 0.717) is 23.9 Å². The number of nitrogens with zero attached hydrogens (tertiary/aromatic N) is 2. The Bertz CT molecular complexity index is 332. The third kappa shape index (κ3) is 3.42. The van der Waals surface area contributed by atoms with Gasteiger partial charge in [0, 0.05) is 12.6 Å². The number of ketones is 1. The van der Waals surface area contributed by atoms with E-state index < -0.39 is 0 Å². The van der Waals surface area contributed by atoms with Gasteiger partial charge in [-0.05, 0) is 18.9 Å². The fraction of sp³-hybridized carbons (Fsp3) is 0.583. The molecule has 0 saturated heterocycles. The molecule has 1 rings (SSSR count). The van der Waals surface area contributed by atoms with Crippen LogP contribution in [0.25, 0.3) is 0 Å². The summed E-state index contributed by atoms with van der Waals surface area (Å²) in [5.74, 6) is 1.27. The number of Topliss-reactive ketones (excluding diaryl/α,β-unsaturated/α-hetero) is 1. The van der Waals surface area contributed by atoms with E-state index in [2.05, 4.69) is 23.8 Å². The van der Waals surface area contributed by atoms with Crippen molar-refractivity contribution >= 4 is 5.78 Å². The van der Waals surface area contributed by atoms with Crippen molar-refractivity contribution in [3.8, 4) is 0 Å². The molecular weight excluding hydrogens is 188 g/mol. The topological polar surface area (TPSA) is 42.9 Å². The maximum absolute atomic E-state index is 11.8. The SMILES string of the molecule is CCC(CC)CC(=O)c1ccnc(C)n1. The minimum absolute atomic E-state index is 0.134. The molecule has 1 aromatic heterocycles. The van der Waals surface area contributed by atoms with Gasteiger partial charge in [-0.1, -0.05) is 26.7 Å². The number of hydrogen-bond acceptors (Lipinski definition) is 3. The van der Waals surface area contributed by atoms with Crippen molar-refractivity contribution in [1.29, 1.82) is 0 Å². The third-order valence-electron chi connectivity index (χ3n) is 2.69. The fourth-order valence-electron chi connectivity index (χ4n) is 1.56. The Hall–Kier alpha value is -1.25. The van der Waals surface area contributed by atoms with Gasteiger partial charge < -0.3 is 0 Å². The monoisotopic (exact) mass is 206 g/mol. The maximum atomic E-state index is 11.8. The van der Waals surface area contributed by atoms with E-state index in [0.717, 1.165) is 12.8 Å². The van der Waals surface area contributed by atoms with Gasteiger partial charge in [0.15, 0.2) is 5.78 Å². The van der Waals surface area contributed by atoms with Crippen molar-refractivity contribution in [2.45, 2.75) is 40.0 Å². The zero-order valence-electron chi connectivity index (χ0n) is 9.66. The molecule has 82 valence electrons. The highest BCUT2D eigenvalue weighted by atomic mass is 16.1. The minimum Gasteiger partial charge on any atom is -0.292 e. The first-order valence-corrected chi connectivity index (χ1v) is 5.50. The van der Waals surface area contributed by atoms with Gasteiger partial charge in [-0.25, -0.2) is 9.97 Å². The maximum Gasteiger partial charge on any atom is 0.181 e. The summed E-state index contributed by atoms with van der Waals surface area (Å²) in [7, 11) is 0. The van der Waals surface area contributed by atoms with Crippen LogP contribution in [0.2, 0.25) is 0 Å². The molecule has 15 heavy (non-hydrogen) atoms. The van der Waals surface area contributed by atoms with Crippen LogP contribution in [0.5, 0.6) is 0 Å². The Balaban J connectivity index is 2.68. The average Bonchev–Trinajstić information content (AvgIpc) is 2.25. The molecule has 0 unspecified atom stereocenters. The minimum atomic E-state index is 0.134. The first kappa shape index (κ1) is 11.8. The van der Waals surface area contributed by atoms with Crippen LogP contribution in [0.1, 0.15) is 49.4 Å². The lowest BCUT2D eigenvalue weighted by atomic mass is 9.96. The lowest BCUT2D eigenvalue weighted by Gasteiger charge is -2.10. The molecule has 0 spiro atoms. The van der Waals surface area contributed by atoms with Crippen molar-refractivity contribution in [2.75, 3.05) is 0 Å². The Kier molecular flexibility index (Phi) is 4.40. The predicted octanol–water partition coefficient (Wildman–Crippen LogP) is 2.79. The molecule has 3 nitrogen and oxygen atoms in total. The van der Waals surface area contributed by atoms with Gasteiger partial charge in [0.2, 0.25) is 0 Å². The normalized spacial score (nSPS) is 10.7. The Morgan fingerprint density at radius 3 is 2.60 bits per heavy atom. The lowest BCUT2D eigenvalue weighted by molar-refractivity contribution is 0.0953. The first-order valence-electron chi connectivity index (χ1n) is 5.50. The van der Waals surface area contributed by atoms with Gasteiger partial charge in [0.05, 0.1) is 0 Å².